The van der Waals surface area contributed by atoms with Crippen molar-refractivity contribution in [2.75, 3.05) is 0 Å². The molecular formula is C11H11N3O4. The molecule has 0 aliphatic heterocycles. The quantitative estimate of drug-likeness (QED) is 0.287. The molecule has 18 heavy (non-hydrogen) atoms. The molecule has 0 fully saturated rings. The molecule has 0 spiro atoms. The van der Waals surface area contributed by atoms with E-state index in [0.29, 0.717) is 16.1 Å². The van der Waals surface area contributed by atoms with Crippen molar-refractivity contribution in [1.82, 2.24) is 4.73 Å². The van der Waals surface area contributed by atoms with Gasteiger partial charge in [-0.15, -0.1) is 0 Å². The summed E-state index contributed by atoms with van der Waals surface area (Å²) in [5.41, 5.74) is 0.896. The molecule has 0 unspecified atom stereocenters. The van der Waals surface area contributed by atoms with E-state index in [0.717, 1.165) is 4.73 Å². The van der Waals surface area contributed by atoms with E-state index in [4.69, 9.17) is 0 Å². The average molecular weight is 249 g/mol. The van der Waals surface area contributed by atoms with E-state index in [1.807, 2.05) is 0 Å². The zero-order chi connectivity index (χ0) is 13.4. The number of nitro benzene ring substituents is 1. The standard InChI is InChI=1S/C11H11N3O4/c1-7-8(2)13(16)11(12(7)15)9-4-3-5-10(6-9)14(17)18/h3-6,15H,1-2H3. The van der Waals surface area contributed by atoms with Crippen LogP contribution in [-0.4, -0.2) is 14.9 Å². The molecule has 7 heteroatoms. The molecule has 0 radical (unpaired) electrons. The first-order chi connectivity index (χ1) is 8.43. The molecule has 1 heterocycles. The van der Waals surface area contributed by atoms with Crippen molar-refractivity contribution in [3.8, 4) is 11.4 Å². The lowest BCUT2D eigenvalue weighted by Crippen LogP contribution is -2.30. The van der Waals surface area contributed by atoms with Crippen molar-refractivity contribution >= 4 is 5.69 Å². The van der Waals surface area contributed by atoms with E-state index in [1.165, 1.54) is 24.3 Å². The average Bonchev–Trinajstić information content (AvgIpc) is 2.54. The number of hydrogen-bond acceptors (Lipinski definition) is 4. The monoisotopic (exact) mass is 249 g/mol. The first kappa shape index (κ1) is 11.9. The van der Waals surface area contributed by atoms with Crippen LogP contribution in [0.3, 0.4) is 0 Å². The maximum atomic E-state index is 11.9. The fraction of sp³-hybridized carbons (Fsp3) is 0.182. The molecule has 0 saturated heterocycles. The highest BCUT2D eigenvalue weighted by Gasteiger charge is 2.24. The number of imidazole rings is 1. The highest BCUT2D eigenvalue weighted by atomic mass is 16.6. The highest BCUT2D eigenvalue weighted by Crippen LogP contribution is 2.23. The maximum Gasteiger partial charge on any atom is 0.331 e. The van der Waals surface area contributed by atoms with Gasteiger partial charge >= 0.3 is 5.82 Å². The van der Waals surface area contributed by atoms with Gasteiger partial charge in [0.2, 0.25) is 0 Å². The van der Waals surface area contributed by atoms with Crippen LogP contribution in [0.2, 0.25) is 0 Å². The summed E-state index contributed by atoms with van der Waals surface area (Å²) in [6, 6.07) is 5.56. The number of aromatic nitrogens is 2. The molecule has 0 amide bonds. The summed E-state index contributed by atoms with van der Waals surface area (Å²) >= 11 is 0. The van der Waals surface area contributed by atoms with E-state index in [2.05, 4.69) is 0 Å². The highest BCUT2D eigenvalue weighted by molar-refractivity contribution is 5.57. The van der Waals surface area contributed by atoms with Gasteiger partial charge in [0.15, 0.2) is 5.69 Å². The third-order valence-corrected chi connectivity index (χ3v) is 2.85. The van der Waals surface area contributed by atoms with Crippen molar-refractivity contribution in [3.05, 3.63) is 51.0 Å². The number of non-ortho nitro benzene ring substituents is 1. The number of nitrogens with zero attached hydrogens (tertiary/aromatic N) is 3. The Kier molecular flexibility index (Phi) is 2.66. The Bertz CT molecular complexity index is 608. The maximum absolute atomic E-state index is 11.9. The van der Waals surface area contributed by atoms with Crippen LogP contribution in [0, 0.1) is 29.2 Å². The van der Waals surface area contributed by atoms with E-state index in [9.17, 15) is 20.5 Å². The van der Waals surface area contributed by atoms with Crippen molar-refractivity contribution in [2.24, 2.45) is 0 Å². The molecule has 2 aromatic rings. The van der Waals surface area contributed by atoms with Crippen LogP contribution in [0.15, 0.2) is 24.3 Å². The Labute approximate surface area is 102 Å². The van der Waals surface area contributed by atoms with Gasteiger partial charge in [0.25, 0.3) is 5.69 Å². The van der Waals surface area contributed by atoms with E-state index < -0.39 is 4.92 Å². The molecule has 0 aliphatic rings. The molecule has 94 valence electrons. The fourth-order valence-corrected chi connectivity index (χ4v) is 1.70. The summed E-state index contributed by atoms with van der Waals surface area (Å²) in [6.45, 7) is 3.15. The molecule has 0 saturated carbocycles. The van der Waals surface area contributed by atoms with Crippen LogP contribution < -0.4 is 4.73 Å². The lowest BCUT2D eigenvalue weighted by Gasteiger charge is -2.03. The van der Waals surface area contributed by atoms with E-state index in [-0.39, 0.29) is 17.1 Å². The smallest absolute Gasteiger partial charge is 0.331 e. The van der Waals surface area contributed by atoms with Gasteiger partial charge < -0.3 is 10.4 Å². The molecule has 1 N–H and O–H groups in total. The Hall–Kier alpha value is -2.57. The first-order valence-electron chi connectivity index (χ1n) is 5.19. The third kappa shape index (κ3) is 1.65. The van der Waals surface area contributed by atoms with Gasteiger partial charge in [-0.3, -0.25) is 10.1 Å². The van der Waals surface area contributed by atoms with E-state index in [1.54, 1.807) is 13.8 Å². The number of nitro groups is 1. The first-order valence-corrected chi connectivity index (χ1v) is 5.19. The normalized spacial score (nSPS) is 10.6. The van der Waals surface area contributed by atoms with E-state index >= 15 is 0 Å². The summed E-state index contributed by atoms with van der Waals surface area (Å²) < 4.78 is 1.29. The zero-order valence-corrected chi connectivity index (χ0v) is 9.82. The molecule has 7 nitrogen and oxygen atoms in total. The predicted molar refractivity (Wildman–Crippen MR) is 62.1 cm³/mol. The second-order valence-electron chi connectivity index (χ2n) is 3.91. The Balaban J connectivity index is 2.66. The van der Waals surface area contributed by atoms with Crippen LogP contribution in [0.1, 0.15) is 11.4 Å². The fourth-order valence-electron chi connectivity index (χ4n) is 1.70. The summed E-state index contributed by atoms with van der Waals surface area (Å²) in [7, 11) is 0. The Morgan fingerprint density at radius 2 is 2.06 bits per heavy atom. The molecule has 2 rings (SSSR count). The summed E-state index contributed by atoms with van der Waals surface area (Å²) in [5, 5.41) is 32.3. The molecule has 0 bridgehead atoms. The zero-order valence-electron chi connectivity index (χ0n) is 9.82. The Morgan fingerprint density at radius 1 is 1.39 bits per heavy atom. The topological polar surface area (TPSA) is 95.2 Å². The van der Waals surface area contributed by atoms with Gasteiger partial charge in [-0.05, 0) is 10.8 Å². The Morgan fingerprint density at radius 3 is 2.56 bits per heavy atom. The van der Waals surface area contributed by atoms with Gasteiger partial charge in [0.05, 0.1) is 10.5 Å². The minimum absolute atomic E-state index is 0.0336. The number of benzene rings is 1. The second kappa shape index (κ2) is 4.02. The molecule has 0 aliphatic carbocycles. The van der Waals surface area contributed by atoms with Crippen LogP contribution in [-0.2, 0) is 0 Å². The van der Waals surface area contributed by atoms with Crippen LogP contribution in [0.4, 0.5) is 5.69 Å². The summed E-state index contributed by atoms with van der Waals surface area (Å²) in [6.07, 6.45) is 0. The molecule has 1 aromatic heterocycles. The second-order valence-corrected chi connectivity index (χ2v) is 3.91. The van der Waals surface area contributed by atoms with Crippen molar-refractivity contribution in [3.63, 3.8) is 0 Å². The SMILES string of the molecule is Cc1c(C)[n+]([O-])c(-c2cccc([N+](=O)[O-])c2)n1O. The van der Waals surface area contributed by atoms with Crippen LogP contribution >= 0.6 is 0 Å². The van der Waals surface area contributed by atoms with Gasteiger partial charge in [-0.2, -0.15) is 0 Å². The third-order valence-electron chi connectivity index (χ3n) is 2.85. The minimum atomic E-state index is -0.553. The molecular weight excluding hydrogens is 238 g/mol. The van der Waals surface area contributed by atoms with Crippen molar-refractivity contribution in [2.45, 2.75) is 13.8 Å². The lowest BCUT2D eigenvalue weighted by molar-refractivity contribution is -0.600. The molecule has 1 aromatic carbocycles. The summed E-state index contributed by atoms with van der Waals surface area (Å²) in [5.74, 6) is -0.0336. The summed E-state index contributed by atoms with van der Waals surface area (Å²) in [4.78, 5) is 10.1. The largest absolute Gasteiger partial charge is 0.710 e. The van der Waals surface area contributed by atoms with Gasteiger partial charge in [0, 0.05) is 26.0 Å². The number of hydrogen-bond donors (Lipinski definition) is 1. The predicted octanol–water partition coefficient (Wildman–Crippen LogP) is 1.55. The minimum Gasteiger partial charge on any atom is -0.710 e. The molecule has 0 atom stereocenters. The number of rotatable bonds is 2. The van der Waals surface area contributed by atoms with Gasteiger partial charge in [-0.1, -0.05) is 6.07 Å². The van der Waals surface area contributed by atoms with Gasteiger partial charge in [-0.25, -0.2) is 4.73 Å². The van der Waals surface area contributed by atoms with Crippen LogP contribution in [0.5, 0.6) is 0 Å². The van der Waals surface area contributed by atoms with Gasteiger partial charge in [0.1, 0.15) is 5.69 Å². The van der Waals surface area contributed by atoms with Crippen LogP contribution in [0.25, 0.3) is 11.4 Å². The lowest BCUT2D eigenvalue weighted by atomic mass is 10.2. The van der Waals surface area contributed by atoms with Crippen molar-refractivity contribution in [1.29, 1.82) is 0 Å². The van der Waals surface area contributed by atoms with Crippen molar-refractivity contribution < 1.29 is 14.9 Å².